The second-order valence-corrected chi connectivity index (χ2v) is 9.93. The van der Waals surface area contributed by atoms with Gasteiger partial charge in [-0.25, -0.2) is 18.5 Å². The predicted octanol–water partition coefficient (Wildman–Crippen LogP) is 2.46. The summed E-state index contributed by atoms with van der Waals surface area (Å²) in [6.07, 6.45) is 1.50. The van der Waals surface area contributed by atoms with Crippen molar-refractivity contribution in [2.75, 3.05) is 0 Å². The molecule has 0 saturated heterocycles. The Balaban J connectivity index is 1.51. The number of benzene rings is 3. The molecule has 4 aromatic rings. The van der Waals surface area contributed by atoms with Gasteiger partial charge in [-0.2, -0.15) is 0 Å². The van der Waals surface area contributed by atoms with E-state index < -0.39 is 27.9 Å². The Hall–Kier alpha value is -4.74. The van der Waals surface area contributed by atoms with Crippen molar-refractivity contribution in [2.45, 2.75) is 17.4 Å². The molecule has 194 valence electrons. The number of hydrogen-bond donors (Lipinski definition) is 4. The van der Waals surface area contributed by atoms with Gasteiger partial charge in [-0.05, 0) is 47.5 Å². The zero-order valence-electron chi connectivity index (χ0n) is 20.1. The van der Waals surface area contributed by atoms with Crippen LogP contribution in [-0.2, 0) is 21.2 Å². The lowest BCUT2D eigenvalue weighted by atomic mass is 10.0. The first-order valence-corrected chi connectivity index (χ1v) is 13.0. The molecular weight excluding hydrogens is 506 g/mol. The van der Waals surface area contributed by atoms with E-state index in [1.165, 1.54) is 18.4 Å². The summed E-state index contributed by atoms with van der Waals surface area (Å²) in [5, 5.41) is 7.92. The highest BCUT2D eigenvalue weighted by molar-refractivity contribution is 7.89. The topological polar surface area (TPSA) is 184 Å². The second-order valence-electron chi connectivity index (χ2n) is 8.40. The number of aliphatic imine (C=N–C) groups is 1. The van der Waals surface area contributed by atoms with Crippen molar-refractivity contribution in [3.8, 4) is 11.1 Å². The summed E-state index contributed by atoms with van der Waals surface area (Å²) >= 11 is 0. The highest BCUT2D eigenvalue weighted by Crippen LogP contribution is 2.28. The molecular formula is C27H25N5O5S. The molecule has 0 aliphatic heterocycles. The van der Waals surface area contributed by atoms with E-state index in [1.54, 1.807) is 72.8 Å². The van der Waals surface area contributed by atoms with E-state index >= 15 is 0 Å². The molecule has 0 saturated carbocycles. The highest BCUT2D eigenvalue weighted by Gasteiger charge is 2.21. The molecule has 1 atom stereocenters. The Labute approximate surface area is 219 Å². The molecule has 0 radical (unpaired) electrons. The van der Waals surface area contributed by atoms with Crippen LogP contribution in [0.3, 0.4) is 0 Å². The number of carbonyl (C=O) groups excluding carboxylic acids is 2. The van der Waals surface area contributed by atoms with Crippen LogP contribution in [0, 0.1) is 0 Å². The molecule has 0 aliphatic rings. The molecule has 7 N–H and O–H groups in total. The maximum Gasteiger partial charge on any atom is 0.287 e. The fraction of sp³-hybridized carbons (Fsp3) is 0.0741. The molecule has 0 fully saturated rings. The summed E-state index contributed by atoms with van der Waals surface area (Å²) in [5.74, 6) is -0.951. The Morgan fingerprint density at radius 1 is 0.921 bits per heavy atom. The van der Waals surface area contributed by atoms with Gasteiger partial charge in [0.25, 0.3) is 5.91 Å². The van der Waals surface area contributed by atoms with E-state index in [0.29, 0.717) is 27.9 Å². The molecule has 10 nitrogen and oxygen atoms in total. The van der Waals surface area contributed by atoms with Gasteiger partial charge in [0.05, 0.1) is 16.8 Å². The number of carbonyl (C=O) groups is 2. The minimum atomic E-state index is -3.89. The summed E-state index contributed by atoms with van der Waals surface area (Å²) in [6, 6.07) is 22.5. The van der Waals surface area contributed by atoms with Crippen LogP contribution >= 0.6 is 0 Å². The van der Waals surface area contributed by atoms with Gasteiger partial charge in [-0.15, -0.1) is 0 Å². The zero-order chi connectivity index (χ0) is 27.3. The monoisotopic (exact) mass is 531 g/mol. The van der Waals surface area contributed by atoms with Crippen LogP contribution in [0.4, 0.5) is 5.69 Å². The number of nitrogens with two attached hydrogens (primary N) is 3. The smallest absolute Gasteiger partial charge is 0.287 e. The number of primary amides is 1. The summed E-state index contributed by atoms with van der Waals surface area (Å²) in [6.45, 7) is 0. The van der Waals surface area contributed by atoms with Crippen LogP contribution in [0.5, 0.6) is 0 Å². The fourth-order valence-electron chi connectivity index (χ4n) is 3.83. The summed E-state index contributed by atoms with van der Waals surface area (Å²) < 4.78 is 28.9. The van der Waals surface area contributed by atoms with Crippen molar-refractivity contribution in [2.24, 2.45) is 21.6 Å². The fourth-order valence-corrected chi connectivity index (χ4v) is 4.59. The third kappa shape index (κ3) is 6.33. The first-order valence-electron chi connectivity index (χ1n) is 11.4. The van der Waals surface area contributed by atoms with Crippen LogP contribution < -0.4 is 21.9 Å². The lowest BCUT2D eigenvalue weighted by Gasteiger charge is -2.15. The summed E-state index contributed by atoms with van der Waals surface area (Å²) in [4.78, 5) is 28.7. The molecule has 11 heteroatoms. The average molecular weight is 532 g/mol. The molecule has 2 amide bonds. The molecule has 1 unspecified atom stereocenters. The van der Waals surface area contributed by atoms with E-state index in [2.05, 4.69) is 10.3 Å². The van der Waals surface area contributed by atoms with Gasteiger partial charge in [0, 0.05) is 17.5 Å². The molecule has 0 bridgehead atoms. The third-order valence-corrected chi connectivity index (χ3v) is 6.65. The van der Waals surface area contributed by atoms with Gasteiger partial charge in [-0.3, -0.25) is 9.59 Å². The third-order valence-electron chi connectivity index (χ3n) is 5.68. The number of furan rings is 1. The van der Waals surface area contributed by atoms with Crippen molar-refractivity contribution < 1.29 is 22.4 Å². The Bertz CT molecular complexity index is 1600. The number of rotatable bonds is 9. The van der Waals surface area contributed by atoms with E-state index in [9.17, 15) is 18.0 Å². The minimum absolute atomic E-state index is 0.0298. The van der Waals surface area contributed by atoms with Crippen molar-refractivity contribution in [3.05, 3.63) is 108 Å². The number of hydrogen-bond acceptors (Lipinski definition) is 6. The van der Waals surface area contributed by atoms with Crippen molar-refractivity contribution >= 4 is 33.4 Å². The zero-order valence-corrected chi connectivity index (χ0v) is 20.9. The lowest BCUT2D eigenvalue weighted by Crippen LogP contribution is -2.45. The lowest BCUT2D eigenvalue weighted by molar-refractivity contribution is -0.119. The summed E-state index contributed by atoms with van der Waals surface area (Å²) in [7, 11) is -3.89. The number of amides is 2. The van der Waals surface area contributed by atoms with Crippen LogP contribution in [0.25, 0.3) is 11.1 Å². The average Bonchev–Trinajstić information content (AvgIpc) is 3.44. The Morgan fingerprint density at radius 3 is 2.32 bits per heavy atom. The van der Waals surface area contributed by atoms with Crippen molar-refractivity contribution in [3.63, 3.8) is 0 Å². The van der Waals surface area contributed by atoms with Gasteiger partial charge in [0.1, 0.15) is 11.9 Å². The SMILES string of the molecule is NC(=O)C(Cc1cccc(C(N)=Nc2ccc(-c3ccccc3S(N)(=O)=O)cc2)c1)NC(=O)c1ccco1. The van der Waals surface area contributed by atoms with Gasteiger partial charge in [-0.1, -0.05) is 48.5 Å². The molecule has 1 heterocycles. The van der Waals surface area contributed by atoms with E-state index in [-0.39, 0.29) is 22.9 Å². The maximum atomic E-state index is 12.3. The first kappa shape index (κ1) is 26.3. The normalized spacial score (nSPS) is 12.6. The first-order chi connectivity index (χ1) is 18.1. The number of nitrogens with one attached hydrogen (secondary N) is 1. The number of nitrogens with zero attached hydrogens (tertiary/aromatic N) is 1. The van der Waals surface area contributed by atoms with Crippen LogP contribution in [0.2, 0.25) is 0 Å². The van der Waals surface area contributed by atoms with E-state index in [1.807, 2.05) is 0 Å². The minimum Gasteiger partial charge on any atom is -0.459 e. The van der Waals surface area contributed by atoms with Crippen LogP contribution in [0.1, 0.15) is 21.7 Å². The standard InChI is InChI=1S/C27H25N5O5S/c28-25(31-20-12-10-18(11-13-20)21-7-1-2-9-24(21)38(30,35)36)19-6-3-5-17(15-19)16-22(26(29)33)32-27(34)23-8-4-14-37-23/h1-15,22H,16H2,(H2,28,31)(H2,29,33)(H,32,34)(H2,30,35,36). The molecule has 1 aromatic heterocycles. The Kier molecular flexibility index (Phi) is 7.70. The van der Waals surface area contributed by atoms with Crippen LogP contribution in [-0.4, -0.2) is 32.1 Å². The molecule has 4 rings (SSSR count). The highest BCUT2D eigenvalue weighted by atomic mass is 32.2. The second kappa shape index (κ2) is 11.1. The van der Waals surface area contributed by atoms with Gasteiger partial charge >= 0.3 is 0 Å². The maximum absolute atomic E-state index is 12.3. The summed E-state index contributed by atoms with van der Waals surface area (Å²) in [5.41, 5.74) is 14.7. The largest absolute Gasteiger partial charge is 0.459 e. The van der Waals surface area contributed by atoms with Crippen LogP contribution in [0.15, 0.2) is 105 Å². The number of amidine groups is 1. The van der Waals surface area contributed by atoms with Crippen molar-refractivity contribution in [1.82, 2.24) is 5.32 Å². The molecule has 3 aromatic carbocycles. The Morgan fingerprint density at radius 2 is 1.66 bits per heavy atom. The molecule has 38 heavy (non-hydrogen) atoms. The number of sulfonamides is 1. The molecule has 0 aliphatic carbocycles. The van der Waals surface area contributed by atoms with Gasteiger partial charge in [0.15, 0.2) is 5.76 Å². The molecule has 0 spiro atoms. The van der Waals surface area contributed by atoms with Crippen molar-refractivity contribution in [1.29, 1.82) is 0 Å². The van der Waals surface area contributed by atoms with E-state index in [0.717, 1.165) is 0 Å². The quantitative estimate of drug-likeness (QED) is 0.190. The van der Waals surface area contributed by atoms with Gasteiger partial charge in [0.2, 0.25) is 15.9 Å². The predicted molar refractivity (Wildman–Crippen MR) is 143 cm³/mol. The van der Waals surface area contributed by atoms with Gasteiger partial charge < -0.3 is 21.2 Å². The van der Waals surface area contributed by atoms with E-state index in [4.69, 9.17) is 21.0 Å². The number of primary sulfonamides is 1.